The zero-order valence-corrected chi connectivity index (χ0v) is 12.1. The van der Waals surface area contributed by atoms with Gasteiger partial charge in [0.05, 0.1) is 0 Å². The number of nitrogens with one attached hydrogen (secondary N) is 2. The van der Waals surface area contributed by atoms with E-state index >= 15 is 0 Å². The van der Waals surface area contributed by atoms with Gasteiger partial charge < -0.3 is 10.6 Å². The van der Waals surface area contributed by atoms with Crippen molar-refractivity contribution in [3.8, 4) is 0 Å². The van der Waals surface area contributed by atoms with Crippen LogP contribution in [0.3, 0.4) is 0 Å². The van der Waals surface area contributed by atoms with Crippen molar-refractivity contribution < 1.29 is 13.2 Å². The Labute approximate surface area is 124 Å². The van der Waals surface area contributed by atoms with E-state index in [1.807, 2.05) is 24.5 Å². The Balaban J connectivity index is 2.34. The Morgan fingerprint density at radius 1 is 1.14 bits per heavy atom. The number of nitrogens with zero attached hydrogens (tertiary/aromatic N) is 2. The lowest BCUT2D eigenvalue weighted by atomic mass is 10.3. The fourth-order valence-corrected chi connectivity index (χ4v) is 2.08. The zero-order valence-electron chi connectivity index (χ0n) is 11.3. The molecule has 0 spiro atoms. The van der Waals surface area contributed by atoms with Gasteiger partial charge in [0.2, 0.25) is 5.95 Å². The predicted octanol–water partition coefficient (Wildman–Crippen LogP) is 4.00. The van der Waals surface area contributed by atoms with Crippen molar-refractivity contribution in [2.75, 3.05) is 23.9 Å². The Hall–Kier alpha value is -1.96. The fourth-order valence-electron chi connectivity index (χ4n) is 1.62. The van der Waals surface area contributed by atoms with Crippen LogP contribution in [0.2, 0.25) is 0 Å². The third-order valence-corrected chi connectivity index (χ3v) is 3.31. The minimum atomic E-state index is -4.52. The molecule has 1 aromatic carbocycles. The molecule has 2 rings (SSSR count). The van der Waals surface area contributed by atoms with Crippen LogP contribution in [0.15, 0.2) is 35.2 Å². The molecule has 8 heteroatoms. The lowest BCUT2D eigenvalue weighted by molar-refractivity contribution is -0.141. The molecule has 0 unspecified atom stereocenters. The molecule has 0 fully saturated rings. The largest absolute Gasteiger partial charge is 0.433 e. The highest BCUT2D eigenvalue weighted by Crippen LogP contribution is 2.30. The number of benzene rings is 1. The van der Waals surface area contributed by atoms with Gasteiger partial charge in [-0.2, -0.15) is 18.2 Å². The van der Waals surface area contributed by atoms with E-state index in [1.165, 1.54) is 7.05 Å². The molecule has 21 heavy (non-hydrogen) atoms. The van der Waals surface area contributed by atoms with Gasteiger partial charge in [0.1, 0.15) is 5.82 Å². The second kappa shape index (κ2) is 6.21. The van der Waals surface area contributed by atoms with Crippen LogP contribution in [-0.2, 0) is 6.18 Å². The van der Waals surface area contributed by atoms with E-state index in [-0.39, 0.29) is 11.8 Å². The molecule has 0 atom stereocenters. The van der Waals surface area contributed by atoms with E-state index in [0.29, 0.717) is 5.69 Å². The Kier molecular flexibility index (Phi) is 4.56. The monoisotopic (exact) mass is 314 g/mol. The lowest BCUT2D eigenvalue weighted by Crippen LogP contribution is -2.12. The van der Waals surface area contributed by atoms with Crippen molar-refractivity contribution >= 4 is 29.2 Å². The standard InChI is InChI=1S/C13H13F3N4S/c1-17-12-19-10(13(14,15)16)7-11(20-12)18-8-4-3-5-9(6-8)21-2/h3-7H,1-2H3,(H2,17,18,19,20). The van der Waals surface area contributed by atoms with Gasteiger partial charge in [0.25, 0.3) is 0 Å². The van der Waals surface area contributed by atoms with Gasteiger partial charge in [-0.3, -0.25) is 0 Å². The summed E-state index contributed by atoms with van der Waals surface area (Å²) in [6, 6.07) is 8.20. The summed E-state index contributed by atoms with van der Waals surface area (Å²) in [6.07, 6.45) is -2.60. The van der Waals surface area contributed by atoms with Crippen LogP contribution in [0, 0.1) is 0 Å². The maximum atomic E-state index is 12.8. The molecule has 0 saturated carbocycles. The molecule has 0 saturated heterocycles. The Morgan fingerprint density at radius 3 is 2.52 bits per heavy atom. The molecular formula is C13H13F3N4S. The fraction of sp³-hybridized carbons (Fsp3) is 0.231. The van der Waals surface area contributed by atoms with Crippen LogP contribution in [-0.4, -0.2) is 23.3 Å². The second-order valence-electron chi connectivity index (χ2n) is 4.07. The number of rotatable bonds is 4. The summed E-state index contributed by atoms with van der Waals surface area (Å²) in [4.78, 5) is 8.38. The number of alkyl halides is 3. The molecule has 2 aromatic rings. The van der Waals surface area contributed by atoms with Gasteiger partial charge in [-0.05, 0) is 24.5 Å². The molecule has 1 aromatic heterocycles. The van der Waals surface area contributed by atoms with Crippen LogP contribution < -0.4 is 10.6 Å². The van der Waals surface area contributed by atoms with Crippen molar-refractivity contribution in [1.29, 1.82) is 0 Å². The first kappa shape index (κ1) is 15.4. The molecule has 4 nitrogen and oxygen atoms in total. The molecule has 0 aliphatic rings. The summed E-state index contributed by atoms with van der Waals surface area (Å²) in [5.41, 5.74) is -0.332. The highest BCUT2D eigenvalue weighted by Gasteiger charge is 2.33. The quantitative estimate of drug-likeness (QED) is 0.835. The van der Waals surface area contributed by atoms with Crippen molar-refractivity contribution in [3.05, 3.63) is 36.0 Å². The summed E-state index contributed by atoms with van der Waals surface area (Å²) >= 11 is 1.54. The zero-order chi connectivity index (χ0) is 15.5. The maximum absolute atomic E-state index is 12.8. The predicted molar refractivity (Wildman–Crippen MR) is 78.1 cm³/mol. The molecule has 0 radical (unpaired) electrons. The Morgan fingerprint density at radius 2 is 1.90 bits per heavy atom. The second-order valence-corrected chi connectivity index (χ2v) is 4.95. The molecule has 0 aliphatic carbocycles. The van der Waals surface area contributed by atoms with Crippen molar-refractivity contribution in [2.45, 2.75) is 11.1 Å². The van der Waals surface area contributed by atoms with Crippen LogP contribution in [0.1, 0.15) is 5.69 Å². The number of thioether (sulfide) groups is 1. The molecule has 1 heterocycles. The summed E-state index contributed by atoms with van der Waals surface area (Å²) in [5.74, 6) is -0.00623. The minimum absolute atomic E-state index is 0.0833. The van der Waals surface area contributed by atoms with Gasteiger partial charge in [0.15, 0.2) is 5.69 Å². The summed E-state index contributed by atoms with van der Waals surface area (Å²) in [5, 5.41) is 5.38. The van der Waals surface area contributed by atoms with E-state index in [4.69, 9.17) is 0 Å². The van der Waals surface area contributed by atoms with Crippen LogP contribution in [0.5, 0.6) is 0 Å². The third kappa shape index (κ3) is 4.01. The lowest BCUT2D eigenvalue weighted by Gasteiger charge is -2.12. The number of aromatic nitrogens is 2. The van der Waals surface area contributed by atoms with Gasteiger partial charge >= 0.3 is 6.18 Å². The number of hydrogen-bond acceptors (Lipinski definition) is 5. The summed E-state index contributed by atoms with van der Waals surface area (Å²) < 4.78 is 38.4. The molecular weight excluding hydrogens is 301 g/mol. The van der Waals surface area contributed by atoms with Gasteiger partial charge in [-0.1, -0.05) is 6.07 Å². The van der Waals surface area contributed by atoms with Gasteiger partial charge in [0, 0.05) is 23.7 Å². The SMILES string of the molecule is CNc1nc(Nc2cccc(SC)c2)cc(C(F)(F)F)n1. The van der Waals surface area contributed by atoms with Gasteiger partial charge in [-0.15, -0.1) is 11.8 Å². The highest BCUT2D eigenvalue weighted by atomic mass is 32.2. The van der Waals surface area contributed by atoms with E-state index in [2.05, 4.69) is 20.6 Å². The van der Waals surface area contributed by atoms with Gasteiger partial charge in [-0.25, -0.2) is 4.98 Å². The molecule has 112 valence electrons. The molecule has 2 N–H and O–H groups in total. The first-order chi connectivity index (χ1) is 9.92. The van der Waals surface area contributed by atoms with E-state index in [1.54, 1.807) is 17.8 Å². The topological polar surface area (TPSA) is 49.8 Å². The van der Waals surface area contributed by atoms with Crippen LogP contribution >= 0.6 is 11.8 Å². The van der Waals surface area contributed by atoms with E-state index in [0.717, 1.165) is 11.0 Å². The normalized spacial score (nSPS) is 11.3. The smallest absolute Gasteiger partial charge is 0.357 e. The average molecular weight is 314 g/mol. The van der Waals surface area contributed by atoms with Crippen molar-refractivity contribution in [2.24, 2.45) is 0 Å². The number of hydrogen-bond donors (Lipinski definition) is 2. The number of halogens is 3. The molecule has 0 amide bonds. The summed E-state index contributed by atoms with van der Waals surface area (Å²) in [6.45, 7) is 0. The number of anilines is 3. The molecule has 0 aliphatic heterocycles. The van der Waals surface area contributed by atoms with Crippen LogP contribution in [0.4, 0.5) is 30.6 Å². The first-order valence-electron chi connectivity index (χ1n) is 5.97. The average Bonchev–Trinajstić information content (AvgIpc) is 2.46. The third-order valence-electron chi connectivity index (χ3n) is 2.58. The van der Waals surface area contributed by atoms with E-state index in [9.17, 15) is 13.2 Å². The maximum Gasteiger partial charge on any atom is 0.433 e. The molecule has 0 bridgehead atoms. The highest BCUT2D eigenvalue weighted by molar-refractivity contribution is 7.98. The summed E-state index contributed by atoms with van der Waals surface area (Å²) in [7, 11) is 1.47. The Bertz CT molecular complexity index is 631. The van der Waals surface area contributed by atoms with E-state index < -0.39 is 11.9 Å². The first-order valence-corrected chi connectivity index (χ1v) is 7.20. The minimum Gasteiger partial charge on any atom is -0.357 e. The van der Waals surface area contributed by atoms with Crippen LogP contribution in [0.25, 0.3) is 0 Å². The van der Waals surface area contributed by atoms with Crippen molar-refractivity contribution in [3.63, 3.8) is 0 Å². The van der Waals surface area contributed by atoms with Crippen molar-refractivity contribution in [1.82, 2.24) is 9.97 Å².